The van der Waals surface area contributed by atoms with E-state index in [4.69, 9.17) is 25.4 Å². The van der Waals surface area contributed by atoms with Crippen LogP contribution in [0.4, 0.5) is 10.5 Å². The molecule has 2 unspecified atom stereocenters. The standard InChI is InChI=1S/C23H28N4O5/c1-3-26-20(22(28)30-2)12-15-4-10-18(11-5-15)31-14-19-13-27(23(29)32-19)17-8-6-16(7-9-17)21(24)25/h4-11,19-20,26H,3,12-14H2,1-2H3,(H3,24,25). The minimum atomic E-state index is -0.443. The van der Waals surface area contributed by atoms with Gasteiger partial charge in [-0.1, -0.05) is 19.1 Å². The lowest BCUT2D eigenvalue weighted by Gasteiger charge is -2.16. The summed E-state index contributed by atoms with van der Waals surface area (Å²) in [5.74, 6) is 0.322. The Balaban J connectivity index is 1.53. The Labute approximate surface area is 186 Å². The van der Waals surface area contributed by atoms with Gasteiger partial charge in [0.1, 0.15) is 24.2 Å². The molecule has 1 saturated heterocycles. The smallest absolute Gasteiger partial charge is 0.414 e. The molecule has 2 aromatic rings. The number of hydrogen-bond acceptors (Lipinski definition) is 7. The molecule has 1 heterocycles. The van der Waals surface area contributed by atoms with E-state index in [-0.39, 0.29) is 18.4 Å². The minimum absolute atomic E-state index is 0.0275. The number of carbonyl (C=O) groups is 2. The number of methoxy groups -OCH3 is 1. The van der Waals surface area contributed by atoms with E-state index in [1.165, 1.54) is 12.0 Å². The number of amidine groups is 1. The maximum atomic E-state index is 12.2. The van der Waals surface area contributed by atoms with Gasteiger partial charge in [-0.05, 0) is 54.9 Å². The number of nitrogens with two attached hydrogens (primary N) is 1. The highest BCUT2D eigenvalue weighted by atomic mass is 16.6. The monoisotopic (exact) mass is 440 g/mol. The quantitative estimate of drug-likeness (QED) is 0.293. The van der Waals surface area contributed by atoms with E-state index in [9.17, 15) is 9.59 Å². The average molecular weight is 441 g/mol. The van der Waals surface area contributed by atoms with Crippen LogP contribution >= 0.6 is 0 Å². The second-order valence-electron chi connectivity index (χ2n) is 7.37. The van der Waals surface area contributed by atoms with Crippen molar-refractivity contribution in [3.63, 3.8) is 0 Å². The van der Waals surface area contributed by atoms with Crippen LogP contribution in [0.25, 0.3) is 0 Å². The lowest BCUT2D eigenvalue weighted by atomic mass is 10.1. The molecule has 3 rings (SSSR count). The van der Waals surface area contributed by atoms with Crippen LogP contribution in [0.2, 0.25) is 0 Å². The first-order chi connectivity index (χ1) is 15.4. The third-order valence-corrected chi connectivity index (χ3v) is 5.10. The van der Waals surface area contributed by atoms with Gasteiger partial charge in [0.2, 0.25) is 0 Å². The SMILES string of the molecule is CCNC(Cc1ccc(OCC2CN(c3ccc(C(=N)N)cc3)C(=O)O2)cc1)C(=O)OC. The number of amides is 1. The molecule has 0 saturated carbocycles. The highest BCUT2D eigenvalue weighted by Gasteiger charge is 2.32. The zero-order valence-corrected chi connectivity index (χ0v) is 18.2. The molecule has 0 spiro atoms. The molecule has 1 fully saturated rings. The Kier molecular flexibility index (Phi) is 7.67. The van der Waals surface area contributed by atoms with Crippen LogP contribution in [-0.2, 0) is 20.7 Å². The van der Waals surface area contributed by atoms with E-state index in [2.05, 4.69) is 5.32 Å². The molecule has 4 N–H and O–H groups in total. The fourth-order valence-corrected chi connectivity index (χ4v) is 3.41. The van der Waals surface area contributed by atoms with Crippen LogP contribution in [0, 0.1) is 5.41 Å². The molecule has 1 aliphatic heterocycles. The molecule has 2 atom stereocenters. The highest BCUT2D eigenvalue weighted by Crippen LogP contribution is 2.23. The van der Waals surface area contributed by atoms with Crippen LogP contribution < -0.4 is 20.7 Å². The molecule has 0 radical (unpaired) electrons. The number of nitrogens with one attached hydrogen (secondary N) is 2. The Morgan fingerprint density at radius 2 is 1.94 bits per heavy atom. The van der Waals surface area contributed by atoms with Gasteiger partial charge in [0.25, 0.3) is 0 Å². The fourth-order valence-electron chi connectivity index (χ4n) is 3.41. The van der Waals surface area contributed by atoms with Gasteiger partial charge in [0, 0.05) is 11.3 Å². The summed E-state index contributed by atoms with van der Waals surface area (Å²) in [6.07, 6.45) is -0.341. The van der Waals surface area contributed by atoms with Crippen molar-refractivity contribution in [1.29, 1.82) is 5.41 Å². The van der Waals surface area contributed by atoms with Gasteiger partial charge in [-0.15, -0.1) is 0 Å². The molecule has 1 amide bonds. The number of rotatable bonds is 10. The van der Waals surface area contributed by atoms with E-state index in [0.717, 1.165) is 5.56 Å². The summed E-state index contributed by atoms with van der Waals surface area (Å²) in [5, 5.41) is 10.6. The van der Waals surface area contributed by atoms with Crippen LogP contribution in [0.3, 0.4) is 0 Å². The lowest BCUT2D eigenvalue weighted by Crippen LogP contribution is -2.39. The fraction of sp³-hybridized carbons (Fsp3) is 0.348. The van der Waals surface area contributed by atoms with Gasteiger partial charge >= 0.3 is 12.1 Å². The van der Waals surface area contributed by atoms with Crippen molar-refractivity contribution in [2.75, 3.05) is 31.7 Å². The topological polar surface area (TPSA) is 127 Å². The van der Waals surface area contributed by atoms with E-state index in [1.54, 1.807) is 24.3 Å². The summed E-state index contributed by atoms with van der Waals surface area (Å²) < 4.78 is 16.0. The first-order valence-corrected chi connectivity index (χ1v) is 10.4. The third kappa shape index (κ3) is 5.76. The summed E-state index contributed by atoms with van der Waals surface area (Å²) >= 11 is 0. The van der Waals surface area contributed by atoms with Crippen LogP contribution in [-0.4, -0.2) is 56.9 Å². The summed E-state index contributed by atoms with van der Waals surface area (Å²) in [5.41, 5.74) is 7.70. The molecular formula is C23H28N4O5. The van der Waals surface area contributed by atoms with Crippen LogP contribution in [0.1, 0.15) is 18.1 Å². The van der Waals surface area contributed by atoms with Crippen molar-refractivity contribution < 1.29 is 23.8 Å². The summed E-state index contributed by atoms with van der Waals surface area (Å²) in [6, 6.07) is 13.9. The van der Waals surface area contributed by atoms with Crippen molar-refractivity contribution in [2.24, 2.45) is 5.73 Å². The normalized spacial score (nSPS) is 16.4. The zero-order chi connectivity index (χ0) is 23.1. The Morgan fingerprint density at radius 3 is 2.53 bits per heavy atom. The number of ether oxygens (including phenoxy) is 3. The van der Waals surface area contributed by atoms with Gasteiger partial charge in [-0.25, -0.2) is 4.79 Å². The van der Waals surface area contributed by atoms with E-state index in [0.29, 0.717) is 36.5 Å². The van der Waals surface area contributed by atoms with Crippen LogP contribution in [0.5, 0.6) is 5.75 Å². The molecule has 2 aromatic carbocycles. The summed E-state index contributed by atoms with van der Waals surface area (Å²) in [4.78, 5) is 25.6. The number of esters is 1. The number of anilines is 1. The third-order valence-electron chi connectivity index (χ3n) is 5.10. The summed E-state index contributed by atoms with van der Waals surface area (Å²) in [7, 11) is 1.38. The van der Waals surface area contributed by atoms with Crippen molar-refractivity contribution in [1.82, 2.24) is 5.32 Å². The van der Waals surface area contributed by atoms with E-state index >= 15 is 0 Å². The van der Waals surface area contributed by atoms with Gasteiger partial charge in [-0.3, -0.25) is 15.1 Å². The zero-order valence-electron chi connectivity index (χ0n) is 18.2. The molecule has 32 heavy (non-hydrogen) atoms. The molecule has 9 nitrogen and oxygen atoms in total. The number of hydrogen-bond donors (Lipinski definition) is 3. The van der Waals surface area contributed by atoms with Gasteiger partial charge < -0.3 is 25.3 Å². The summed E-state index contributed by atoms with van der Waals surface area (Å²) in [6.45, 7) is 3.18. The Morgan fingerprint density at radius 1 is 1.25 bits per heavy atom. The molecular weight excluding hydrogens is 412 g/mol. The maximum absolute atomic E-state index is 12.2. The number of cyclic esters (lactones) is 1. The number of benzene rings is 2. The number of nitrogen functional groups attached to an aromatic ring is 1. The van der Waals surface area contributed by atoms with Crippen molar-refractivity contribution >= 4 is 23.6 Å². The van der Waals surface area contributed by atoms with Gasteiger partial charge in [0.15, 0.2) is 6.10 Å². The van der Waals surface area contributed by atoms with Gasteiger partial charge in [0.05, 0.1) is 13.7 Å². The second-order valence-corrected chi connectivity index (χ2v) is 7.37. The second kappa shape index (κ2) is 10.6. The maximum Gasteiger partial charge on any atom is 0.414 e. The van der Waals surface area contributed by atoms with E-state index in [1.807, 2.05) is 31.2 Å². The van der Waals surface area contributed by atoms with Crippen molar-refractivity contribution in [3.05, 3.63) is 59.7 Å². The number of nitrogens with zero attached hydrogens (tertiary/aromatic N) is 1. The molecule has 0 aliphatic carbocycles. The highest BCUT2D eigenvalue weighted by molar-refractivity contribution is 5.96. The van der Waals surface area contributed by atoms with E-state index < -0.39 is 18.2 Å². The molecule has 1 aliphatic rings. The number of likely N-dealkylation sites (N-methyl/N-ethyl adjacent to an activating group) is 1. The van der Waals surface area contributed by atoms with Gasteiger partial charge in [-0.2, -0.15) is 0 Å². The molecule has 0 bridgehead atoms. The molecule has 9 heteroatoms. The average Bonchev–Trinajstić information content (AvgIpc) is 3.18. The van der Waals surface area contributed by atoms with Crippen LogP contribution in [0.15, 0.2) is 48.5 Å². The first kappa shape index (κ1) is 23.1. The Hall–Kier alpha value is -3.59. The Bertz CT molecular complexity index is 946. The molecule has 0 aromatic heterocycles. The predicted octanol–water partition coefficient (Wildman–Crippen LogP) is 2.07. The lowest BCUT2D eigenvalue weighted by molar-refractivity contribution is -0.143. The molecule has 170 valence electrons. The largest absolute Gasteiger partial charge is 0.490 e. The first-order valence-electron chi connectivity index (χ1n) is 10.4. The van der Waals surface area contributed by atoms with Crippen molar-refractivity contribution in [3.8, 4) is 5.75 Å². The minimum Gasteiger partial charge on any atom is -0.490 e. The van der Waals surface area contributed by atoms with Crippen molar-refractivity contribution in [2.45, 2.75) is 25.5 Å². The number of carbonyl (C=O) groups excluding carboxylic acids is 2. The predicted molar refractivity (Wildman–Crippen MR) is 120 cm³/mol.